The largest absolute Gasteiger partial charge is 0.492 e. The van der Waals surface area contributed by atoms with Crippen molar-refractivity contribution in [3.05, 3.63) is 0 Å². The van der Waals surface area contributed by atoms with Crippen LogP contribution in [0.2, 0.25) is 6.04 Å². The second kappa shape index (κ2) is 22.7. The number of hydrogen-bond donors (Lipinski definition) is 5. The van der Waals surface area contributed by atoms with E-state index >= 15 is 0 Å². The molecule has 0 aromatic carbocycles. The third-order valence-electron chi connectivity index (χ3n) is 5.55. The zero-order valence-electron chi connectivity index (χ0n) is 19.4. The first-order valence-electron chi connectivity index (χ1n) is 12.6. The van der Waals surface area contributed by atoms with Crippen molar-refractivity contribution < 1.29 is 14.4 Å². The van der Waals surface area contributed by atoms with Gasteiger partial charge in [0.15, 0.2) is 0 Å². The summed E-state index contributed by atoms with van der Waals surface area (Å²) < 4.78 is 0. The molecule has 0 aliphatic rings. The molecule has 6 heteroatoms. The Balaban J connectivity index is 3.02. The molecular weight excluding hydrogens is 380 g/mol. The molecule has 29 heavy (non-hydrogen) atoms. The Hall–Kier alpha value is 0.0169. The average molecular weight is 433 g/mol. The Kier molecular flexibility index (Phi) is 22.7. The molecule has 0 saturated heterocycles. The van der Waals surface area contributed by atoms with Crippen LogP contribution >= 0.6 is 0 Å². The van der Waals surface area contributed by atoms with Crippen molar-refractivity contribution in [2.75, 3.05) is 26.2 Å². The first-order valence-corrected chi connectivity index (χ1v) is 14.7. The molecule has 0 fully saturated rings. The van der Waals surface area contributed by atoms with E-state index in [-0.39, 0.29) is 6.04 Å². The van der Waals surface area contributed by atoms with Crippen LogP contribution in [-0.2, 0) is 0 Å². The van der Waals surface area contributed by atoms with E-state index in [1.807, 2.05) is 0 Å². The summed E-state index contributed by atoms with van der Waals surface area (Å²) in [6.07, 6.45) is 23.1. The van der Waals surface area contributed by atoms with Crippen molar-refractivity contribution in [1.29, 1.82) is 0 Å². The van der Waals surface area contributed by atoms with E-state index in [2.05, 4.69) is 17.6 Å². The molecule has 0 radical (unpaired) electrons. The van der Waals surface area contributed by atoms with Crippen LogP contribution in [0.5, 0.6) is 0 Å². The molecule has 0 heterocycles. The smallest absolute Gasteiger partial charge is 0.390 e. The zero-order valence-corrected chi connectivity index (χ0v) is 20.4. The lowest BCUT2D eigenvalue weighted by molar-refractivity contribution is 0.226. The molecule has 0 unspecified atom stereocenters. The van der Waals surface area contributed by atoms with Crippen molar-refractivity contribution >= 4 is 8.80 Å². The third-order valence-corrected chi connectivity index (χ3v) is 6.58. The highest BCUT2D eigenvalue weighted by atomic mass is 28.4. The van der Waals surface area contributed by atoms with Crippen molar-refractivity contribution in [2.45, 2.75) is 122 Å². The summed E-state index contributed by atoms with van der Waals surface area (Å²) in [4.78, 5) is 26.7. The highest BCUT2D eigenvalue weighted by Gasteiger charge is 2.25. The summed E-state index contributed by atoms with van der Waals surface area (Å²) in [5.41, 5.74) is 0. The molecule has 0 aromatic heterocycles. The Morgan fingerprint density at radius 2 is 0.793 bits per heavy atom. The van der Waals surface area contributed by atoms with Crippen LogP contribution in [0.15, 0.2) is 0 Å². The SMILES string of the molecule is CCCCCCCCCCCCCCCCCCNCCNCCC[Si](O)(O)O. The Morgan fingerprint density at radius 3 is 1.17 bits per heavy atom. The van der Waals surface area contributed by atoms with Crippen LogP contribution in [0.3, 0.4) is 0 Å². The predicted molar refractivity (Wildman–Crippen MR) is 127 cm³/mol. The van der Waals surface area contributed by atoms with Crippen LogP contribution in [0.1, 0.15) is 116 Å². The van der Waals surface area contributed by atoms with Gasteiger partial charge in [-0.25, -0.2) is 0 Å². The van der Waals surface area contributed by atoms with E-state index in [0.717, 1.165) is 26.2 Å². The number of hydrogen-bond acceptors (Lipinski definition) is 5. The molecule has 0 bridgehead atoms. The molecule has 0 aliphatic carbocycles. The summed E-state index contributed by atoms with van der Waals surface area (Å²) in [6, 6.07) is 0.118. The average Bonchev–Trinajstić information content (AvgIpc) is 2.67. The maximum absolute atomic E-state index is 8.90. The fraction of sp³-hybridized carbons (Fsp3) is 1.00. The lowest BCUT2D eigenvalue weighted by Gasteiger charge is -2.10. The quantitative estimate of drug-likeness (QED) is 0.112. The molecule has 0 atom stereocenters. The minimum atomic E-state index is -3.83. The van der Waals surface area contributed by atoms with Crippen molar-refractivity contribution in [3.8, 4) is 0 Å². The van der Waals surface area contributed by atoms with Crippen LogP contribution < -0.4 is 10.6 Å². The summed E-state index contributed by atoms with van der Waals surface area (Å²) in [6.45, 7) is 5.91. The van der Waals surface area contributed by atoms with Gasteiger partial charge in [0.2, 0.25) is 0 Å². The van der Waals surface area contributed by atoms with Crippen molar-refractivity contribution in [1.82, 2.24) is 10.6 Å². The van der Waals surface area contributed by atoms with Gasteiger partial charge in [-0.2, -0.15) is 0 Å². The normalized spacial score (nSPS) is 12.0. The number of rotatable bonds is 24. The molecule has 0 spiro atoms. The molecule has 5 N–H and O–H groups in total. The van der Waals surface area contributed by atoms with Crippen molar-refractivity contribution in [3.63, 3.8) is 0 Å². The summed E-state index contributed by atoms with van der Waals surface area (Å²) in [5, 5.41) is 6.68. The van der Waals surface area contributed by atoms with Crippen LogP contribution in [0.4, 0.5) is 0 Å². The second-order valence-electron chi connectivity index (χ2n) is 8.68. The van der Waals surface area contributed by atoms with Gasteiger partial charge in [0, 0.05) is 19.1 Å². The van der Waals surface area contributed by atoms with E-state index in [9.17, 15) is 0 Å². The van der Waals surface area contributed by atoms with Gasteiger partial charge in [-0.3, -0.25) is 0 Å². The van der Waals surface area contributed by atoms with Gasteiger partial charge in [-0.05, 0) is 25.9 Å². The van der Waals surface area contributed by atoms with Crippen LogP contribution in [0, 0.1) is 0 Å². The standard InChI is InChI=1S/C23H52N2O3Si/c1-2-3-4-5-6-7-8-9-10-11-12-13-14-15-16-17-19-24-21-22-25-20-18-23-29(26,27)28/h24-28H,2-23H2,1H3. The Bertz CT molecular complexity index is 315. The van der Waals surface area contributed by atoms with Gasteiger partial charge in [0.25, 0.3) is 0 Å². The summed E-state index contributed by atoms with van der Waals surface area (Å²) >= 11 is 0. The highest BCUT2D eigenvalue weighted by Crippen LogP contribution is 2.13. The second-order valence-corrected chi connectivity index (χ2v) is 10.7. The maximum atomic E-state index is 8.90. The van der Waals surface area contributed by atoms with Gasteiger partial charge in [0.05, 0.1) is 0 Å². The molecule has 176 valence electrons. The zero-order chi connectivity index (χ0) is 21.5. The fourth-order valence-corrected chi connectivity index (χ4v) is 4.33. The van der Waals surface area contributed by atoms with E-state index in [1.165, 1.54) is 103 Å². The first kappa shape index (κ1) is 29.0. The number of unbranched alkanes of at least 4 members (excludes halogenated alkanes) is 15. The van der Waals surface area contributed by atoms with Gasteiger partial charge >= 0.3 is 8.80 Å². The topological polar surface area (TPSA) is 84.8 Å². The van der Waals surface area contributed by atoms with Gasteiger partial charge < -0.3 is 25.0 Å². The van der Waals surface area contributed by atoms with Crippen LogP contribution in [0.25, 0.3) is 0 Å². The minimum absolute atomic E-state index is 0.118. The maximum Gasteiger partial charge on any atom is 0.492 e. The Labute approximate surface area is 182 Å². The lowest BCUT2D eigenvalue weighted by atomic mass is 10.0. The van der Waals surface area contributed by atoms with Gasteiger partial charge in [-0.15, -0.1) is 0 Å². The molecule has 5 nitrogen and oxygen atoms in total. The van der Waals surface area contributed by atoms with E-state index < -0.39 is 8.80 Å². The van der Waals surface area contributed by atoms with Crippen LogP contribution in [-0.4, -0.2) is 49.4 Å². The molecule has 0 rings (SSSR count). The summed E-state index contributed by atoms with van der Waals surface area (Å²) in [7, 11) is -3.83. The fourth-order valence-electron chi connectivity index (χ4n) is 3.68. The first-order chi connectivity index (χ1) is 14.1. The monoisotopic (exact) mass is 432 g/mol. The minimum Gasteiger partial charge on any atom is -0.390 e. The molecule has 0 amide bonds. The number of nitrogens with one attached hydrogen (secondary N) is 2. The highest BCUT2D eigenvalue weighted by molar-refractivity contribution is 6.56. The summed E-state index contributed by atoms with van der Waals surface area (Å²) in [5.74, 6) is 0. The van der Waals surface area contributed by atoms with E-state index in [4.69, 9.17) is 14.4 Å². The molecular formula is C23H52N2O3Si. The molecule has 0 saturated carbocycles. The van der Waals surface area contributed by atoms with E-state index in [1.54, 1.807) is 0 Å². The Morgan fingerprint density at radius 1 is 0.448 bits per heavy atom. The van der Waals surface area contributed by atoms with Gasteiger partial charge in [0.1, 0.15) is 0 Å². The van der Waals surface area contributed by atoms with Crippen molar-refractivity contribution in [2.24, 2.45) is 0 Å². The molecule has 0 aromatic rings. The predicted octanol–water partition coefficient (Wildman–Crippen LogP) is 4.73. The lowest BCUT2D eigenvalue weighted by Crippen LogP contribution is -2.35. The third kappa shape index (κ3) is 28.0. The molecule has 0 aliphatic heterocycles. The van der Waals surface area contributed by atoms with E-state index in [0.29, 0.717) is 6.42 Å². The van der Waals surface area contributed by atoms with Gasteiger partial charge in [-0.1, -0.05) is 103 Å².